The van der Waals surface area contributed by atoms with Crippen LogP contribution in [0.3, 0.4) is 0 Å². The van der Waals surface area contributed by atoms with E-state index in [-0.39, 0.29) is 5.41 Å². The fourth-order valence-electron chi connectivity index (χ4n) is 9.59. The van der Waals surface area contributed by atoms with E-state index < -0.39 is 8.07 Å². The van der Waals surface area contributed by atoms with Crippen LogP contribution >= 0.6 is 0 Å². The summed E-state index contributed by atoms with van der Waals surface area (Å²) in [7, 11) is -1.95. The summed E-state index contributed by atoms with van der Waals surface area (Å²) < 4.78 is 0. The van der Waals surface area contributed by atoms with E-state index in [1.165, 1.54) is 104 Å². The highest BCUT2D eigenvalue weighted by molar-refractivity contribution is 7.04. The predicted molar refractivity (Wildman–Crippen MR) is 242 cm³/mol. The van der Waals surface area contributed by atoms with Crippen LogP contribution in [0.2, 0.25) is 13.1 Å². The van der Waals surface area contributed by atoms with Crippen LogP contribution < -0.4 is 20.2 Å². The first-order valence-corrected chi connectivity index (χ1v) is 23.6. The van der Waals surface area contributed by atoms with Crippen LogP contribution in [0.4, 0.5) is 34.1 Å². The Morgan fingerprint density at radius 1 is 0.446 bits per heavy atom. The van der Waals surface area contributed by atoms with E-state index in [1.807, 2.05) is 0 Å². The molecule has 0 amide bonds. The third kappa shape index (κ3) is 6.48. The number of hydrogen-bond acceptors (Lipinski definition) is 2. The molecule has 0 spiro atoms. The molecule has 2 nitrogen and oxygen atoms in total. The van der Waals surface area contributed by atoms with Gasteiger partial charge in [0, 0.05) is 39.5 Å². The highest BCUT2D eigenvalue weighted by Crippen LogP contribution is 2.42. The molecule has 0 unspecified atom stereocenters. The molecule has 278 valence electrons. The van der Waals surface area contributed by atoms with Crippen molar-refractivity contribution in [3.8, 4) is 11.1 Å². The van der Waals surface area contributed by atoms with Crippen LogP contribution in [0.15, 0.2) is 176 Å². The van der Waals surface area contributed by atoms with Gasteiger partial charge in [0.15, 0.2) is 0 Å². The van der Waals surface area contributed by atoms with Crippen molar-refractivity contribution in [2.45, 2.75) is 70.4 Å². The molecule has 3 heteroatoms. The molecule has 7 aromatic rings. The van der Waals surface area contributed by atoms with E-state index in [0.29, 0.717) is 5.92 Å². The molecule has 0 radical (unpaired) electrons. The zero-order valence-electron chi connectivity index (χ0n) is 33.3. The highest BCUT2D eigenvalue weighted by Gasteiger charge is 2.40. The van der Waals surface area contributed by atoms with Gasteiger partial charge in [-0.1, -0.05) is 155 Å². The Labute approximate surface area is 335 Å². The molecule has 0 bridgehead atoms. The smallest absolute Gasteiger partial charge is 0.116 e. The van der Waals surface area contributed by atoms with Gasteiger partial charge < -0.3 is 9.80 Å². The summed E-state index contributed by atoms with van der Waals surface area (Å²) in [4.78, 5) is 4.86. The molecule has 9 rings (SSSR count). The van der Waals surface area contributed by atoms with Crippen LogP contribution in [0.25, 0.3) is 11.1 Å². The van der Waals surface area contributed by atoms with Gasteiger partial charge in [0.2, 0.25) is 0 Å². The lowest BCUT2D eigenvalue weighted by Gasteiger charge is -2.32. The number of anilines is 6. The third-order valence-electron chi connectivity index (χ3n) is 12.7. The van der Waals surface area contributed by atoms with Crippen molar-refractivity contribution in [3.05, 3.63) is 193 Å². The number of benzene rings is 7. The lowest BCUT2D eigenvalue weighted by atomic mass is 9.78. The fourth-order valence-corrected chi connectivity index (χ4v) is 13.0. The quantitative estimate of drug-likeness (QED) is 0.136. The maximum atomic E-state index is 2.51. The van der Waals surface area contributed by atoms with E-state index in [9.17, 15) is 0 Å². The van der Waals surface area contributed by atoms with Crippen molar-refractivity contribution in [3.63, 3.8) is 0 Å². The Kier molecular flexibility index (Phi) is 9.51. The molecule has 1 aliphatic carbocycles. The lowest BCUT2D eigenvalue weighted by molar-refractivity contribution is 0.443. The van der Waals surface area contributed by atoms with Crippen LogP contribution in [0, 0.1) is 0 Å². The van der Waals surface area contributed by atoms with Crippen molar-refractivity contribution in [2.75, 3.05) is 9.80 Å². The number of fused-ring (bicyclic) bond motifs is 3. The highest BCUT2D eigenvalue weighted by atomic mass is 28.3. The first-order chi connectivity index (χ1) is 27.3. The predicted octanol–water partition coefficient (Wildman–Crippen LogP) is 13.8. The zero-order valence-corrected chi connectivity index (χ0v) is 34.3. The van der Waals surface area contributed by atoms with E-state index in [1.54, 1.807) is 0 Å². The van der Waals surface area contributed by atoms with Crippen molar-refractivity contribution in [1.29, 1.82) is 0 Å². The molecule has 0 atom stereocenters. The van der Waals surface area contributed by atoms with Gasteiger partial charge in [0.1, 0.15) is 8.07 Å². The van der Waals surface area contributed by atoms with Gasteiger partial charge in [-0.3, -0.25) is 0 Å². The topological polar surface area (TPSA) is 6.48 Å². The first kappa shape index (κ1) is 36.0. The molecule has 0 saturated heterocycles. The molecule has 1 saturated carbocycles. The molecule has 56 heavy (non-hydrogen) atoms. The summed E-state index contributed by atoms with van der Waals surface area (Å²) in [5.74, 6) is 0.700. The van der Waals surface area contributed by atoms with Crippen LogP contribution in [-0.4, -0.2) is 8.07 Å². The minimum absolute atomic E-state index is 0.196. The average molecular weight is 745 g/mol. The SMILES string of the molecule is CC(C)(c1ccc(N(c2ccccc2)c2ccc(C3CCCCC3)cc2)cc1)c1ccc(N(c2ccccc2)c2cccc3c2[Si](C)(C)c2ccccc2-3)cc1. The number of nitrogens with zero attached hydrogens (tertiary/aromatic N) is 2. The lowest BCUT2D eigenvalue weighted by Crippen LogP contribution is -2.50. The Balaban J connectivity index is 1.03. The van der Waals surface area contributed by atoms with E-state index in [2.05, 4.69) is 213 Å². The van der Waals surface area contributed by atoms with Crippen LogP contribution in [0.5, 0.6) is 0 Å². The number of hydrogen-bond donors (Lipinski definition) is 0. The molecule has 7 aromatic carbocycles. The normalized spacial score (nSPS) is 14.9. The molecular weight excluding hydrogens is 693 g/mol. The minimum Gasteiger partial charge on any atom is -0.311 e. The van der Waals surface area contributed by atoms with Gasteiger partial charge in [-0.25, -0.2) is 0 Å². The van der Waals surface area contributed by atoms with Crippen molar-refractivity contribution in [2.24, 2.45) is 0 Å². The fraction of sp³-hybridized carbons (Fsp3) is 0.208. The average Bonchev–Trinajstić information content (AvgIpc) is 3.49. The van der Waals surface area contributed by atoms with Gasteiger partial charge >= 0.3 is 0 Å². The largest absolute Gasteiger partial charge is 0.311 e. The Hall–Kier alpha value is -5.64. The molecular formula is C53H52N2Si. The third-order valence-corrected chi connectivity index (χ3v) is 16.3. The van der Waals surface area contributed by atoms with Crippen LogP contribution in [0.1, 0.15) is 68.6 Å². The van der Waals surface area contributed by atoms with Crippen molar-refractivity contribution >= 4 is 52.6 Å². The van der Waals surface area contributed by atoms with Gasteiger partial charge in [-0.05, 0) is 124 Å². The maximum absolute atomic E-state index is 2.51. The molecule has 0 aromatic heterocycles. The number of rotatable bonds is 9. The summed E-state index contributed by atoms with van der Waals surface area (Å²) in [6.45, 7) is 9.71. The molecule has 1 heterocycles. The maximum Gasteiger partial charge on any atom is 0.116 e. The molecule has 1 aliphatic heterocycles. The van der Waals surface area contributed by atoms with Crippen LogP contribution in [-0.2, 0) is 5.41 Å². The monoisotopic (exact) mass is 744 g/mol. The van der Waals surface area contributed by atoms with Gasteiger partial charge in [-0.15, -0.1) is 0 Å². The van der Waals surface area contributed by atoms with E-state index >= 15 is 0 Å². The van der Waals surface area contributed by atoms with Gasteiger partial charge in [0.05, 0.1) is 0 Å². The Bertz CT molecular complexity index is 2430. The molecule has 1 fully saturated rings. The number of para-hydroxylation sites is 2. The second kappa shape index (κ2) is 14.8. The van der Waals surface area contributed by atoms with Gasteiger partial charge in [0.25, 0.3) is 0 Å². The standard InChI is InChI=1S/C53H52N2Si/c1-53(2,41-29-35-46(36-30-41)54(43-19-10-6-11-20-43)45-33-27-40(28-34-45)39-17-8-5-9-18-39)42-31-37-47(38-32-42)55(44-21-12-7-13-22-44)50-25-16-24-49-48-23-14-15-26-51(48)56(3,4)52(49)50/h6-7,10-16,19-39H,5,8-9,17-18H2,1-4H3. The van der Waals surface area contributed by atoms with E-state index in [0.717, 1.165) is 0 Å². The summed E-state index contributed by atoms with van der Waals surface area (Å²) in [6, 6.07) is 65.5. The summed E-state index contributed by atoms with van der Waals surface area (Å²) >= 11 is 0. The molecule has 0 N–H and O–H groups in total. The second-order valence-electron chi connectivity index (χ2n) is 16.9. The Morgan fingerprint density at radius 3 is 1.50 bits per heavy atom. The summed E-state index contributed by atoms with van der Waals surface area (Å²) in [6.07, 6.45) is 6.72. The molecule has 2 aliphatic rings. The van der Waals surface area contributed by atoms with Crippen molar-refractivity contribution in [1.82, 2.24) is 0 Å². The first-order valence-electron chi connectivity index (χ1n) is 20.6. The Morgan fingerprint density at radius 2 is 0.911 bits per heavy atom. The van der Waals surface area contributed by atoms with E-state index in [4.69, 9.17) is 0 Å². The van der Waals surface area contributed by atoms with Crippen molar-refractivity contribution < 1.29 is 0 Å². The minimum atomic E-state index is -1.95. The summed E-state index contributed by atoms with van der Waals surface area (Å²) in [5.41, 5.74) is 13.8. The summed E-state index contributed by atoms with van der Waals surface area (Å²) in [5, 5.41) is 3.04. The van der Waals surface area contributed by atoms with Gasteiger partial charge in [-0.2, -0.15) is 0 Å². The second-order valence-corrected chi connectivity index (χ2v) is 21.1. The zero-order chi connectivity index (χ0) is 38.3.